The van der Waals surface area contributed by atoms with Gasteiger partial charge in [0.25, 0.3) is 0 Å². The first-order valence-corrected chi connectivity index (χ1v) is 11.0. The predicted molar refractivity (Wildman–Crippen MR) is 124 cm³/mol. The fourth-order valence-corrected chi connectivity index (χ4v) is 3.89. The van der Waals surface area contributed by atoms with Gasteiger partial charge in [0.1, 0.15) is 0 Å². The Bertz CT molecular complexity index is 935. The molecule has 1 aliphatic rings. The highest BCUT2D eigenvalue weighted by Crippen LogP contribution is 2.31. The molecule has 2 heterocycles. The van der Waals surface area contributed by atoms with Crippen molar-refractivity contribution in [1.82, 2.24) is 4.98 Å². The van der Waals surface area contributed by atoms with Gasteiger partial charge in [-0.15, -0.1) is 0 Å². The summed E-state index contributed by atoms with van der Waals surface area (Å²) < 4.78 is 21.8. The summed E-state index contributed by atoms with van der Waals surface area (Å²) in [5, 5.41) is 4.93. The molecule has 1 fully saturated rings. The van der Waals surface area contributed by atoms with Crippen molar-refractivity contribution in [2.75, 3.05) is 52.1 Å². The van der Waals surface area contributed by atoms with Crippen LogP contribution in [0.3, 0.4) is 0 Å². The molecule has 0 atom stereocenters. The lowest BCUT2D eigenvalue weighted by molar-refractivity contribution is 0.0200. The Kier molecular flexibility index (Phi) is 7.96. The van der Waals surface area contributed by atoms with E-state index in [1.165, 1.54) is 10.9 Å². The minimum atomic E-state index is 0.422. The average Bonchev–Trinajstić information content (AvgIpc) is 3.24. The molecule has 0 saturated carbocycles. The summed E-state index contributed by atoms with van der Waals surface area (Å²) in [4.78, 5) is 3.63. The lowest BCUT2D eigenvalue weighted by atomic mass is 10.1. The Labute approximate surface area is 183 Å². The number of fused-ring (bicyclic) bond motifs is 1. The van der Waals surface area contributed by atoms with Crippen LogP contribution in [0.5, 0.6) is 0 Å². The van der Waals surface area contributed by atoms with Gasteiger partial charge < -0.3 is 29.2 Å². The number of nitrogens with one attached hydrogen (secondary N) is 2. The maximum absolute atomic E-state index is 5.86. The first-order valence-electron chi connectivity index (χ1n) is 11.0. The average molecular weight is 425 g/mol. The van der Waals surface area contributed by atoms with Gasteiger partial charge >= 0.3 is 0 Å². The van der Waals surface area contributed by atoms with Crippen LogP contribution in [0.4, 0.5) is 5.69 Å². The molecule has 6 nitrogen and oxygen atoms in total. The van der Waals surface area contributed by atoms with Crippen LogP contribution < -0.4 is 5.32 Å². The van der Waals surface area contributed by atoms with E-state index >= 15 is 0 Å². The van der Waals surface area contributed by atoms with E-state index in [0.29, 0.717) is 39.1 Å². The molecule has 1 saturated heterocycles. The summed E-state index contributed by atoms with van der Waals surface area (Å²) in [5.74, 6) is 0. The molecule has 166 valence electrons. The fourth-order valence-electron chi connectivity index (χ4n) is 3.89. The molecule has 2 aromatic carbocycles. The van der Waals surface area contributed by atoms with E-state index in [4.69, 9.17) is 18.9 Å². The highest BCUT2D eigenvalue weighted by atomic mass is 16.5. The van der Waals surface area contributed by atoms with Crippen LogP contribution in [0.15, 0.2) is 48.5 Å². The Hall–Kier alpha value is -2.38. The second-order valence-corrected chi connectivity index (χ2v) is 7.85. The number of ether oxygens (including phenoxy) is 4. The second kappa shape index (κ2) is 11.3. The third-order valence-electron chi connectivity index (χ3n) is 5.53. The fraction of sp³-hybridized carbons (Fsp3) is 0.440. The normalized spacial score (nSPS) is 14.9. The smallest absolute Gasteiger partial charge is 0.0719 e. The first-order chi connectivity index (χ1) is 15.3. The number of aromatic nitrogens is 1. The summed E-state index contributed by atoms with van der Waals surface area (Å²) in [6.07, 6.45) is 2.04. The number of anilines is 1. The molecule has 0 aliphatic carbocycles. The molecule has 0 amide bonds. The van der Waals surface area contributed by atoms with Gasteiger partial charge in [0, 0.05) is 37.4 Å². The van der Waals surface area contributed by atoms with Crippen LogP contribution in [-0.2, 0) is 25.6 Å². The molecule has 1 aromatic heterocycles. The summed E-state index contributed by atoms with van der Waals surface area (Å²) in [7, 11) is 1.67. The van der Waals surface area contributed by atoms with Gasteiger partial charge in [-0.1, -0.05) is 30.3 Å². The zero-order valence-corrected chi connectivity index (χ0v) is 18.2. The summed E-state index contributed by atoms with van der Waals surface area (Å²) in [6, 6.07) is 17.5. The van der Waals surface area contributed by atoms with Gasteiger partial charge in [-0.3, -0.25) is 0 Å². The van der Waals surface area contributed by atoms with Crippen LogP contribution in [0.25, 0.3) is 22.2 Å². The van der Waals surface area contributed by atoms with E-state index in [1.54, 1.807) is 7.11 Å². The predicted octanol–water partition coefficient (Wildman–Crippen LogP) is 4.61. The van der Waals surface area contributed by atoms with Crippen LogP contribution in [0.1, 0.15) is 18.4 Å². The van der Waals surface area contributed by atoms with Crippen molar-refractivity contribution >= 4 is 16.6 Å². The van der Waals surface area contributed by atoms with Crippen molar-refractivity contribution in [3.8, 4) is 11.3 Å². The number of benzene rings is 2. The zero-order chi connectivity index (χ0) is 21.3. The Morgan fingerprint density at radius 3 is 2.55 bits per heavy atom. The highest BCUT2D eigenvalue weighted by molar-refractivity contribution is 5.95. The lowest BCUT2D eigenvalue weighted by Crippen LogP contribution is -2.28. The molecule has 3 aromatic rings. The Morgan fingerprint density at radius 2 is 1.74 bits per heavy atom. The summed E-state index contributed by atoms with van der Waals surface area (Å²) in [6.45, 7) is 4.51. The maximum atomic E-state index is 5.86. The second-order valence-electron chi connectivity index (χ2n) is 7.85. The van der Waals surface area contributed by atoms with Gasteiger partial charge in [0.2, 0.25) is 0 Å². The third-order valence-corrected chi connectivity index (χ3v) is 5.53. The number of aromatic amines is 1. The number of hydrogen-bond donors (Lipinski definition) is 2. The molecular weight excluding hydrogens is 392 g/mol. The summed E-state index contributed by atoms with van der Waals surface area (Å²) in [5.41, 5.74) is 5.72. The molecule has 0 radical (unpaired) electrons. The van der Waals surface area contributed by atoms with E-state index in [0.717, 1.165) is 48.5 Å². The topological polar surface area (TPSA) is 64.7 Å². The van der Waals surface area contributed by atoms with Crippen LogP contribution >= 0.6 is 0 Å². The standard InChI is InChI=1S/C25H32N2O4/c1-28-11-12-30-13-14-31-18-19-15-21-17-23(20-5-3-2-4-6-20)27-25(21)24(16-19)26-22-7-9-29-10-8-22/h2-6,15-17,22,26-27H,7-14,18H2,1H3. The van der Waals surface area contributed by atoms with Gasteiger partial charge in [-0.05, 0) is 42.2 Å². The molecule has 0 unspecified atom stereocenters. The lowest BCUT2D eigenvalue weighted by Gasteiger charge is -2.24. The van der Waals surface area contributed by atoms with Crippen molar-refractivity contribution in [2.45, 2.75) is 25.5 Å². The van der Waals surface area contributed by atoms with E-state index in [2.05, 4.69) is 52.8 Å². The molecule has 31 heavy (non-hydrogen) atoms. The van der Waals surface area contributed by atoms with E-state index < -0.39 is 0 Å². The zero-order valence-electron chi connectivity index (χ0n) is 18.2. The largest absolute Gasteiger partial charge is 0.382 e. The number of rotatable bonds is 11. The number of methoxy groups -OCH3 is 1. The molecule has 4 rings (SSSR count). The summed E-state index contributed by atoms with van der Waals surface area (Å²) >= 11 is 0. The van der Waals surface area contributed by atoms with Crippen LogP contribution in [0, 0.1) is 0 Å². The monoisotopic (exact) mass is 424 g/mol. The van der Waals surface area contributed by atoms with E-state index in [-0.39, 0.29) is 0 Å². The number of H-pyrrole nitrogens is 1. The van der Waals surface area contributed by atoms with Gasteiger partial charge in [0.05, 0.1) is 44.2 Å². The Balaban J connectivity index is 1.50. The van der Waals surface area contributed by atoms with Gasteiger partial charge in [-0.25, -0.2) is 0 Å². The minimum absolute atomic E-state index is 0.422. The van der Waals surface area contributed by atoms with Gasteiger partial charge in [-0.2, -0.15) is 0 Å². The molecule has 2 N–H and O–H groups in total. The third kappa shape index (κ3) is 6.08. The van der Waals surface area contributed by atoms with E-state index in [9.17, 15) is 0 Å². The molecule has 0 spiro atoms. The molecule has 6 heteroatoms. The van der Waals surface area contributed by atoms with Crippen molar-refractivity contribution in [2.24, 2.45) is 0 Å². The molecule has 1 aliphatic heterocycles. The van der Waals surface area contributed by atoms with Crippen molar-refractivity contribution in [3.63, 3.8) is 0 Å². The van der Waals surface area contributed by atoms with Gasteiger partial charge in [0.15, 0.2) is 0 Å². The van der Waals surface area contributed by atoms with Crippen LogP contribution in [-0.4, -0.2) is 57.8 Å². The molecule has 0 bridgehead atoms. The first kappa shape index (κ1) is 21.8. The van der Waals surface area contributed by atoms with Crippen LogP contribution in [0.2, 0.25) is 0 Å². The number of hydrogen-bond acceptors (Lipinski definition) is 5. The van der Waals surface area contributed by atoms with Crippen molar-refractivity contribution < 1.29 is 18.9 Å². The SMILES string of the molecule is COCCOCCOCc1cc(NC2CCOCC2)c2[nH]c(-c3ccccc3)cc2c1. The van der Waals surface area contributed by atoms with E-state index in [1.807, 2.05) is 6.07 Å². The van der Waals surface area contributed by atoms with Crippen molar-refractivity contribution in [3.05, 3.63) is 54.1 Å². The quantitative estimate of drug-likeness (QED) is 0.440. The highest BCUT2D eigenvalue weighted by Gasteiger charge is 2.16. The van der Waals surface area contributed by atoms with Crippen molar-refractivity contribution in [1.29, 1.82) is 0 Å². The molecular formula is C25H32N2O4. The minimum Gasteiger partial charge on any atom is -0.382 e. The Morgan fingerprint density at radius 1 is 0.968 bits per heavy atom. The maximum Gasteiger partial charge on any atom is 0.0719 e.